The van der Waals surface area contributed by atoms with Crippen LogP contribution < -0.4 is 4.90 Å². The zero-order valence-electron chi connectivity index (χ0n) is 15.6. The van der Waals surface area contributed by atoms with Gasteiger partial charge in [0, 0.05) is 18.4 Å². The third-order valence-electron chi connectivity index (χ3n) is 5.15. The zero-order valence-corrected chi connectivity index (χ0v) is 15.6. The number of ether oxygens (including phenoxy) is 1. The number of hydrogen-bond acceptors (Lipinski definition) is 3. The molecule has 0 heterocycles. The smallest absolute Gasteiger partial charge is 0.309 e. The molecule has 0 radical (unpaired) electrons. The summed E-state index contributed by atoms with van der Waals surface area (Å²) in [6.07, 6.45) is 7.07. The normalized spacial score (nSPS) is 16.1. The fourth-order valence-electron chi connectivity index (χ4n) is 3.08. The number of esters is 1. The second-order valence-corrected chi connectivity index (χ2v) is 6.77. The van der Waals surface area contributed by atoms with E-state index in [9.17, 15) is 9.18 Å². The Hall–Kier alpha value is -2.10. The van der Waals surface area contributed by atoms with E-state index >= 15 is 0 Å². The van der Waals surface area contributed by atoms with Crippen LogP contribution in [-0.2, 0) is 9.53 Å². The summed E-state index contributed by atoms with van der Waals surface area (Å²) < 4.78 is 17.9. The molecule has 1 aliphatic rings. The third kappa shape index (κ3) is 5.18. The van der Waals surface area contributed by atoms with Gasteiger partial charge in [0.1, 0.15) is 5.82 Å². The SMILES string of the molecule is COC(=O)C/C=C(C)\C(CC1CCC1)=C(/C)N(C)c1ccc(F)cc1. The number of anilines is 1. The highest BCUT2D eigenvalue weighted by atomic mass is 19.1. The lowest BCUT2D eigenvalue weighted by molar-refractivity contribution is -0.139. The Labute approximate surface area is 150 Å². The van der Waals surface area contributed by atoms with E-state index in [0.29, 0.717) is 5.92 Å². The molecule has 0 saturated heterocycles. The average Bonchev–Trinajstić information content (AvgIpc) is 2.58. The summed E-state index contributed by atoms with van der Waals surface area (Å²) in [6, 6.07) is 6.52. The Morgan fingerprint density at radius 3 is 2.44 bits per heavy atom. The maximum Gasteiger partial charge on any atom is 0.309 e. The molecule has 1 fully saturated rings. The Bertz CT molecular complexity index is 657. The number of rotatable bonds is 7. The fraction of sp³-hybridized carbons (Fsp3) is 0.476. The molecule has 4 heteroatoms. The molecular formula is C21H28FNO2. The standard InChI is InChI=1S/C21H28FNO2/c1-15(8-13-21(24)25-4)20(14-17-6-5-7-17)16(2)23(3)19-11-9-18(22)10-12-19/h8-12,17H,5-7,13-14H2,1-4H3/b15-8-,20-16+. The molecule has 3 nitrogen and oxygen atoms in total. The van der Waals surface area contributed by atoms with Crippen molar-refractivity contribution in [2.75, 3.05) is 19.1 Å². The zero-order chi connectivity index (χ0) is 18.4. The van der Waals surface area contributed by atoms with Crippen molar-refractivity contribution in [1.29, 1.82) is 0 Å². The Balaban J connectivity index is 2.28. The van der Waals surface area contributed by atoms with Crippen molar-refractivity contribution in [3.05, 3.63) is 53.0 Å². The van der Waals surface area contributed by atoms with Crippen LogP contribution in [0.1, 0.15) is 46.0 Å². The van der Waals surface area contributed by atoms with Crippen molar-refractivity contribution in [3.8, 4) is 0 Å². The van der Waals surface area contributed by atoms with E-state index in [1.807, 2.05) is 13.1 Å². The lowest BCUT2D eigenvalue weighted by Gasteiger charge is -2.30. The highest BCUT2D eigenvalue weighted by molar-refractivity contribution is 5.71. The van der Waals surface area contributed by atoms with E-state index in [0.717, 1.165) is 23.4 Å². The molecular weight excluding hydrogens is 317 g/mol. The van der Waals surface area contributed by atoms with Crippen LogP contribution in [0.25, 0.3) is 0 Å². The maximum atomic E-state index is 13.2. The summed E-state index contributed by atoms with van der Waals surface area (Å²) in [5.41, 5.74) is 4.46. The molecule has 0 amide bonds. The molecule has 2 rings (SSSR count). The predicted molar refractivity (Wildman–Crippen MR) is 99.9 cm³/mol. The molecule has 0 aliphatic heterocycles. The van der Waals surface area contributed by atoms with E-state index in [-0.39, 0.29) is 18.2 Å². The summed E-state index contributed by atoms with van der Waals surface area (Å²) in [4.78, 5) is 13.5. The molecule has 0 atom stereocenters. The van der Waals surface area contributed by atoms with Crippen LogP contribution in [-0.4, -0.2) is 20.1 Å². The Kier molecular flexibility index (Phi) is 6.80. The summed E-state index contributed by atoms with van der Waals surface area (Å²) in [6.45, 7) is 4.14. The van der Waals surface area contributed by atoms with Crippen molar-refractivity contribution < 1.29 is 13.9 Å². The van der Waals surface area contributed by atoms with Crippen molar-refractivity contribution in [2.24, 2.45) is 5.92 Å². The molecule has 0 aromatic heterocycles. The van der Waals surface area contributed by atoms with Gasteiger partial charge in [-0.15, -0.1) is 0 Å². The molecule has 0 unspecified atom stereocenters. The fourth-order valence-corrected chi connectivity index (χ4v) is 3.08. The van der Waals surface area contributed by atoms with E-state index in [4.69, 9.17) is 4.74 Å². The maximum absolute atomic E-state index is 13.2. The quantitative estimate of drug-likeness (QED) is 0.500. The van der Waals surface area contributed by atoms with Crippen molar-refractivity contribution >= 4 is 11.7 Å². The van der Waals surface area contributed by atoms with Gasteiger partial charge in [0.2, 0.25) is 0 Å². The summed E-state index contributed by atoms with van der Waals surface area (Å²) in [7, 11) is 3.40. The van der Waals surface area contributed by atoms with Crippen LogP contribution in [0.2, 0.25) is 0 Å². The molecule has 25 heavy (non-hydrogen) atoms. The lowest BCUT2D eigenvalue weighted by atomic mass is 9.79. The van der Waals surface area contributed by atoms with E-state index in [2.05, 4.69) is 18.7 Å². The van der Waals surface area contributed by atoms with Gasteiger partial charge in [-0.3, -0.25) is 4.79 Å². The predicted octanol–water partition coefficient (Wildman–Crippen LogP) is 5.24. The van der Waals surface area contributed by atoms with Crippen molar-refractivity contribution in [1.82, 2.24) is 0 Å². The first-order valence-corrected chi connectivity index (χ1v) is 8.85. The van der Waals surface area contributed by atoms with Crippen LogP contribution in [0.15, 0.2) is 47.2 Å². The molecule has 1 saturated carbocycles. The van der Waals surface area contributed by atoms with Crippen molar-refractivity contribution in [2.45, 2.75) is 46.0 Å². The van der Waals surface area contributed by atoms with E-state index < -0.39 is 0 Å². The van der Waals surface area contributed by atoms with Gasteiger partial charge in [0.15, 0.2) is 0 Å². The largest absolute Gasteiger partial charge is 0.469 e. The summed E-state index contributed by atoms with van der Waals surface area (Å²) in [5.74, 6) is 0.252. The molecule has 0 bridgehead atoms. The van der Waals surface area contributed by atoms with Crippen LogP contribution in [0.3, 0.4) is 0 Å². The molecule has 1 aromatic carbocycles. The van der Waals surface area contributed by atoms with Gasteiger partial charge in [-0.05, 0) is 61.6 Å². The minimum Gasteiger partial charge on any atom is -0.469 e. The van der Waals surface area contributed by atoms with Gasteiger partial charge in [-0.25, -0.2) is 4.39 Å². The first-order valence-electron chi connectivity index (χ1n) is 8.85. The second kappa shape index (κ2) is 8.84. The second-order valence-electron chi connectivity index (χ2n) is 6.77. The minimum absolute atomic E-state index is 0.230. The lowest BCUT2D eigenvalue weighted by Crippen LogP contribution is -2.19. The molecule has 1 aromatic rings. The number of halogens is 1. The Morgan fingerprint density at radius 2 is 1.92 bits per heavy atom. The van der Waals surface area contributed by atoms with Gasteiger partial charge in [-0.1, -0.05) is 25.3 Å². The van der Waals surface area contributed by atoms with Gasteiger partial charge in [0.25, 0.3) is 0 Å². The first kappa shape index (κ1) is 19.2. The van der Waals surface area contributed by atoms with Gasteiger partial charge in [-0.2, -0.15) is 0 Å². The number of nitrogens with zero attached hydrogens (tertiary/aromatic N) is 1. The summed E-state index contributed by atoms with van der Waals surface area (Å²) in [5, 5.41) is 0. The topological polar surface area (TPSA) is 29.5 Å². The highest BCUT2D eigenvalue weighted by Gasteiger charge is 2.21. The number of methoxy groups -OCH3 is 1. The summed E-state index contributed by atoms with van der Waals surface area (Å²) >= 11 is 0. The van der Waals surface area contributed by atoms with Gasteiger partial charge < -0.3 is 9.64 Å². The molecule has 1 aliphatic carbocycles. The number of carbonyl (C=O) groups is 1. The number of benzene rings is 1. The van der Waals surface area contributed by atoms with Crippen LogP contribution in [0.4, 0.5) is 10.1 Å². The van der Waals surface area contributed by atoms with E-state index in [1.165, 1.54) is 44.1 Å². The average molecular weight is 345 g/mol. The van der Waals surface area contributed by atoms with Gasteiger partial charge in [0.05, 0.1) is 13.5 Å². The first-order chi connectivity index (χ1) is 11.9. The Morgan fingerprint density at radius 1 is 1.28 bits per heavy atom. The van der Waals surface area contributed by atoms with Gasteiger partial charge >= 0.3 is 5.97 Å². The van der Waals surface area contributed by atoms with Crippen LogP contribution in [0.5, 0.6) is 0 Å². The van der Waals surface area contributed by atoms with Crippen LogP contribution in [0, 0.1) is 11.7 Å². The minimum atomic E-state index is -0.234. The monoisotopic (exact) mass is 345 g/mol. The molecule has 0 spiro atoms. The molecule has 136 valence electrons. The third-order valence-corrected chi connectivity index (χ3v) is 5.15. The van der Waals surface area contributed by atoms with Crippen molar-refractivity contribution in [3.63, 3.8) is 0 Å². The van der Waals surface area contributed by atoms with Crippen LogP contribution >= 0.6 is 0 Å². The molecule has 0 N–H and O–H groups in total. The number of hydrogen-bond donors (Lipinski definition) is 0. The van der Waals surface area contributed by atoms with E-state index in [1.54, 1.807) is 12.1 Å². The highest BCUT2D eigenvalue weighted by Crippen LogP contribution is 2.36. The number of allylic oxidation sites excluding steroid dienone is 3. The number of carbonyl (C=O) groups excluding carboxylic acids is 1.